The van der Waals surface area contributed by atoms with Gasteiger partial charge in [0.05, 0.1) is 16.8 Å². The molecule has 32 heavy (non-hydrogen) atoms. The van der Waals surface area contributed by atoms with E-state index in [-0.39, 0.29) is 20.6 Å². The maximum absolute atomic E-state index is 12.6. The molecule has 0 heterocycles. The third kappa shape index (κ3) is 6.60. The smallest absolute Gasteiger partial charge is 0.261 e. The lowest BCUT2D eigenvalue weighted by atomic mass is 10.2. The highest BCUT2D eigenvalue weighted by molar-refractivity contribution is 7.92. The molecule has 3 N–H and O–H groups in total. The predicted octanol–water partition coefficient (Wildman–Crippen LogP) is 4.42. The summed E-state index contributed by atoms with van der Waals surface area (Å²) < 4.78 is 52.3. The van der Waals surface area contributed by atoms with E-state index in [4.69, 9.17) is 23.2 Å². The van der Waals surface area contributed by atoms with Crippen LogP contribution in [-0.4, -0.2) is 29.0 Å². The molecule has 0 aliphatic rings. The first kappa shape index (κ1) is 23.9. The third-order valence-electron chi connectivity index (χ3n) is 3.99. The molecule has 0 spiro atoms. The summed E-state index contributed by atoms with van der Waals surface area (Å²) in [5, 5.41) is 3.21. The maximum Gasteiger partial charge on any atom is 0.261 e. The van der Waals surface area contributed by atoms with Crippen LogP contribution < -0.4 is 14.8 Å². The number of anilines is 3. The van der Waals surface area contributed by atoms with Gasteiger partial charge in [0.1, 0.15) is 0 Å². The zero-order valence-electron chi connectivity index (χ0n) is 16.5. The number of sulfonamides is 2. The minimum Gasteiger partial charge on any atom is -0.322 e. The second kappa shape index (κ2) is 9.37. The molecular formula is C20H17Cl2N3O5S2. The number of carbonyl (C=O) groups excluding carboxylic acids is 1. The van der Waals surface area contributed by atoms with Crippen LogP contribution in [-0.2, 0) is 20.0 Å². The summed E-state index contributed by atoms with van der Waals surface area (Å²) in [5.41, 5.74) is 1.21. The largest absolute Gasteiger partial charge is 0.322 e. The summed E-state index contributed by atoms with van der Waals surface area (Å²) in [6.45, 7) is 0. The molecule has 3 aromatic carbocycles. The van der Waals surface area contributed by atoms with Crippen LogP contribution in [0.1, 0.15) is 10.4 Å². The molecule has 168 valence electrons. The van der Waals surface area contributed by atoms with E-state index in [1.165, 1.54) is 66.7 Å². The van der Waals surface area contributed by atoms with Crippen molar-refractivity contribution in [3.05, 3.63) is 82.3 Å². The van der Waals surface area contributed by atoms with Gasteiger partial charge in [0.15, 0.2) is 0 Å². The fraction of sp³-hybridized carbons (Fsp3) is 0.0500. The zero-order valence-corrected chi connectivity index (χ0v) is 19.6. The number of hydrogen-bond acceptors (Lipinski definition) is 5. The van der Waals surface area contributed by atoms with Crippen molar-refractivity contribution in [2.45, 2.75) is 4.90 Å². The SMILES string of the molecule is CS(=O)(=O)Nc1ccc(C(=O)Nc2ccc(S(=O)(=O)Nc3cc(Cl)cc(Cl)c3)cc2)cc1. The Labute approximate surface area is 195 Å². The Kier molecular flexibility index (Phi) is 6.99. The quantitative estimate of drug-likeness (QED) is 0.431. The summed E-state index contributed by atoms with van der Waals surface area (Å²) >= 11 is 11.8. The van der Waals surface area contributed by atoms with Crippen LogP contribution in [0.3, 0.4) is 0 Å². The summed E-state index contributed by atoms with van der Waals surface area (Å²) in [6, 6.07) is 15.7. The number of carbonyl (C=O) groups is 1. The van der Waals surface area contributed by atoms with Crippen molar-refractivity contribution in [3.8, 4) is 0 Å². The number of hydrogen-bond donors (Lipinski definition) is 3. The second-order valence-electron chi connectivity index (χ2n) is 6.69. The number of nitrogens with one attached hydrogen (secondary N) is 3. The molecule has 0 radical (unpaired) electrons. The molecule has 8 nitrogen and oxygen atoms in total. The molecule has 0 saturated carbocycles. The molecule has 0 aliphatic heterocycles. The summed E-state index contributed by atoms with van der Waals surface area (Å²) in [7, 11) is -7.32. The van der Waals surface area contributed by atoms with Gasteiger partial charge in [-0.25, -0.2) is 16.8 Å². The van der Waals surface area contributed by atoms with E-state index in [1.807, 2.05) is 0 Å². The number of amides is 1. The molecule has 0 fully saturated rings. The zero-order chi connectivity index (χ0) is 23.5. The molecule has 3 aromatic rings. The van der Waals surface area contributed by atoms with E-state index < -0.39 is 26.0 Å². The lowest BCUT2D eigenvalue weighted by Gasteiger charge is -2.10. The standard InChI is InChI=1S/C20H17Cl2N3O5S2/c1-31(27,28)24-17-4-2-13(3-5-17)20(26)23-16-6-8-19(9-7-16)32(29,30)25-18-11-14(21)10-15(22)12-18/h2-12,24-25H,1H3,(H,23,26). The van der Waals surface area contributed by atoms with E-state index in [0.29, 0.717) is 16.9 Å². The number of benzene rings is 3. The van der Waals surface area contributed by atoms with E-state index in [9.17, 15) is 21.6 Å². The van der Waals surface area contributed by atoms with E-state index >= 15 is 0 Å². The molecule has 12 heteroatoms. The maximum atomic E-state index is 12.6. The van der Waals surface area contributed by atoms with Gasteiger partial charge in [0.2, 0.25) is 10.0 Å². The van der Waals surface area contributed by atoms with Gasteiger partial charge < -0.3 is 5.32 Å². The molecule has 0 saturated heterocycles. The topological polar surface area (TPSA) is 121 Å². The molecular weight excluding hydrogens is 497 g/mol. The molecule has 3 rings (SSSR count). The van der Waals surface area contributed by atoms with Gasteiger partial charge in [-0.3, -0.25) is 14.2 Å². The highest BCUT2D eigenvalue weighted by Crippen LogP contribution is 2.25. The van der Waals surface area contributed by atoms with Gasteiger partial charge in [0.25, 0.3) is 15.9 Å². The Morgan fingerprint density at radius 1 is 0.719 bits per heavy atom. The highest BCUT2D eigenvalue weighted by Gasteiger charge is 2.15. The van der Waals surface area contributed by atoms with E-state index in [2.05, 4.69) is 14.8 Å². The highest BCUT2D eigenvalue weighted by atomic mass is 35.5. The van der Waals surface area contributed by atoms with Crippen molar-refractivity contribution in [2.24, 2.45) is 0 Å². The first-order chi connectivity index (χ1) is 14.9. The monoisotopic (exact) mass is 513 g/mol. The normalized spacial score (nSPS) is 11.6. The lowest BCUT2D eigenvalue weighted by Crippen LogP contribution is -2.14. The molecule has 0 atom stereocenters. The predicted molar refractivity (Wildman–Crippen MR) is 127 cm³/mol. The summed E-state index contributed by atoms with van der Waals surface area (Å²) in [4.78, 5) is 12.4. The number of rotatable bonds is 7. The van der Waals surface area contributed by atoms with Gasteiger partial charge in [-0.2, -0.15) is 0 Å². The van der Waals surface area contributed by atoms with Crippen LogP contribution in [0, 0.1) is 0 Å². The minimum absolute atomic E-state index is 0.0252. The van der Waals surface area contributed by atoms with Crippen molar-refractivity contribution in [3.63, 3.8) is 0 Å². The Hall–Kier alpha value is -2.79. The van der Waals surface area contributed by atoms with Crippen LogP contribution in [0.25, 0.3) is 0 Å². The van der Waals surface area contributed by atoms with Gasteiger partial charge in [0, 0.05) is 27.0 Å². The van der Waals surface area contributed by atoms with Crippen molar-refractivity contribution in [1.82, 2.24) is 0 Å². The summed E-state index contributed by atoms with van der Waals surface area (Å²) in [5.74, 6) is -0.446. The van der Waals surface area contributed by atoms with Crippen LogP contribution >= 0.6 is 23.2 Å². The van der Waals surface area contributed by atoms with Gasteiger partial charge in [-0.05, 0) is 66.7 Å². The molecule has 0 unspecified atom stereocenters. The fourth-order valence-electron chi connectivity index (χ4n) is 2.65. The fourth-order valence-corrected chi connectivity index (χ4v) is 4.78. The lowest BCUT2D eigenvalue weighted by molar-refractivity contribution is 0.102. The van der Waals surface area contributed by atoms with Crippen LogP contribution in [0.15, 0.2) is 71.6 Å². The molecule has 0 aliphatic carbocycles. The Morgan fingerprint density at radius 3 is 1.78 bits per heavy atom. The molecule has 0 aromatic heterocycles. The van der Waals surface area contributed by atoms with Crippen LogP contribution in [0.2, 0.25) is 10.0 Å². The van der Waals surface area contributed by atoms with Crippen molar-refractivity contribution in [1.29, 1.82) is 0 Å². The van der Waals surface area contributed by atoms with Crippen LogP contribution in [0.5, 0.6) is 0 Å². The van der Waals surface area contributed by atoms with Crippen molar-refractivity contribution in [2.75, 3.05) is 21.0 Å². The van der Waals surface area contributed by atoms with Gasteiger partial charge in [-0.15, -0.1) is 0 Å². The van der Waals surface area contributed by atoms with E-state index in [1.54, 1.807) is 0 Å². The van der Waals surface area contributed by atoms with E-state index in [0.717, 1.165) is 6.26 Å². The van der Waals surface area contributed by atoms with Crippen molar-refractivity contribution >= 4 is 66.2 Å². The van der Waals surface area contributed by atoms with Gasteiger partial charge in [-0.1, -0.05) is 23.2 Å². The third-order valence-corrected chi connectivity index (χ3v) is 6.43. The average Bonchev–Trinajstić information content (AvgIpc) is 2.66. The average molecular weight is 514 g/mol. The first-order valence-electron chi connectivity index (χ1n) is 8.89. The Balaban J connectivity index is 1.69. The van der Waals surface area contributed by atoms with Crippen LogP contribution in [0.4, 0.5) is 17.1 Å². The van der Waals surface area contributed by atoms with Gasteiger partial charge >= 0.3 is 0 Å². The Morgan fingerprint density at radius 2 is 1.25 bits per heavy atom. The molecule has 1 amide bonds. The van der Waals surface area contributed by atoms with Crippen molar-refractivity contribution < 1.29 is 21.6 Å². The summed E-state index contributed by atoms with van der Waals surface area (Å²) in [6.07, 6.45) is 1.02. The number of halogens is 2. The minimum atomic E-state index is -3.90. The first-order valence-corrected chi connectivity index (χ1v) is 13.0. The Bertz CT molecular complexity index is 1340. The molecule has 0 bridgehead atoms. The second-order valence-corrected chi connectivity index (χ2v) is 11.0.